The molecule has 0 saturated carbocycles. The Morgan fingerprint density at radius 1 is 1.00 bits per heavy atom. The van der Waals surface area contributed by atoms with Gasteiger partial charge in [-0.15, -0.1) is 0 Å². The van der Waals surface area contributed by atoms with Gasteiger partial charge in [0.2, 0.25) is 0 Å². The van der Waals surface area contributed by atoms with E-state index in [4.69, 9.17) is 15.6 Å². The molecule has 3 aromatic rings. The maximum atomic E-state index is 7.45. The second kappa shape index (κ2) is 5.05. The fourth-order valence-corrected chi connectivity index (χ4v) is 2.10. The van der Waals surface area contributed by atoms with Crippen molar-refractivity contribution in [3.05, 3.63) is 71.7 Å². The zero-order valence-electron chi connectivity index (χ0n) is 10.8. The fraction of sp³-hybridized carbons (Fsp3) is 0. The first-order valence-electron chi connectivity index (χ1n) is 6.32. The van der Waals surface area contributed by atoms with E-state index in [0.29, 0.717) is 0 Å². The van der Waals surface area contributed by atoms with E-state index < -0.39 is 0 Å². The number of nitrogens with one attached hydrogen (secondary N) is 1. The lowest BCUT2D eigenvalue weighted by molar-refractivity contribution is 0.557. The van der Waals surface area contributed by atoms with Gasteiger partial charge in [-0.3, -0.25) is 5.41 Å². The molecule has 0 bridgehead atoms. The standard InChI is InChI=1S/C17H14N2O/c18-17(19)15-7-6-13-10-12(3-5-14(13)11-15)4-8-16-2-1-9-20-16/h1-11H,(H3,18,19)/b8-4+. The van der Waals surface area contributed by atoms with E-state index in [9.17, 15) is 0 Å². The molecule has 3 rings (SSSR count). The first kappa shape index (κ1) is 12.2. The SMILES string of the molecule is N=C(N)c1ccc2cc(/C=C/c3ccco3)ccc2c1. The zero-order chi connectivity index (χ0) is 13.9. The molecule has 0 saturated heterocycles. The van der Waals surface area contributed by atoms with Crippen molar-refractivity contribution in [3.63, 3.8) is 0 Å². The zero-order valence-corrected chi connectivity index (χ0v) is 10.8. The van der Waals surface area contributed by atoms with Gasteiger partial charge in [0.15, 0.2) is 0 Å². The minimum absolute atomic E-state index is 0.0914. The van der Waals surface area contributed by atoms with Crippen LogP contribution in [0, 0.1) is 5.41 Å². The van der Waals surface area contributed by atoms with E-state index in [2.05, 4.69) is 6.07 Å². The summed E-state index contributed by atoms with van der Waals surface area (Å²) < 4.78 is 5.26. The molecule has 0 radical (unpaired) electrons. The van der Waals surface area contributed by atoms with Gasteiger partial charge in [0.1, 0.15) is 11.6 Å². The van der Waals surface area contributed by atoms with Gasteiger partial charge in [-0.2, -0.15) is 0 Å². The smallest absolute Gasteiger partial charge is 0.126 e. The predicted octanol–water partition coefficient (Wildman–Crippen LogP) is 3.89. The number of nitrogens with two attached hydrogens (primary N) is 1. The highest BCUT2D eigenvalue weighted by atomic mass is 16.3. The van der Waals surface area contributed by atoms with Crippen LogP contribution < -0.4 is 5.73 Å². The quantitative estimate of drug-likeness (QED) is 0.555. The summed E-state index contributed by atoms with van der Waals surface area (Å²) in [6.07, 6.45) is 5.60. The monoisotopic (exact) mass is 262 g/mol. The molecule has 1 aromatic heterocycles. The van der Waals surface area contributed by atoms with Crippen LogP contribution in [0.3, 0.4) is 0 Å². The van der Waals surface area contributed by atoms with Crippen LogP contribution in [-0.4, -0.2) is 5.84 Å². The van der Waals surface area contributed by atoms with Crippen molar-refractivity contribution < 1.29 is 4.42 Å². The molecule has 0 amide bonds. The van der Waals surface area contributed by atoms with Crippen molar-refractivity contribution >= 4 is 28.8 Å². The average molecular weight is 262 g/mol. The molecule has 3 heteroatoms. The third-order valence-electron chi connectivity index (χ3n) is 3.16. The lowest BCUT2D eigenvalue weighted by Crippen LogP contribution is -2.10. The summed E-state index contributed by atoms with van der Waals surface area (Å²) in [6.45, 7) is 0. The molecule has 0 aliphatic heterocycles. The van der Waals surface area contributed by atoms with Gasteiger partial charge in [0.25, 0.3) is 0 Å². The van der Waals surface area contributed by atoms with Crippen LogP contribution in [0.2, 0.25) is 0 Å². The molecule has 0 aliphatic carbocycles. The molecule has 0 unspecified atom stereocenters. The van der Waals surface area contributed by atoms with E-state index in [1.54, 1.807) is 6.26 Å². The number of hydrogen-bond donors (Lipinski definition) is 2. The number of nitrogen functional groups attached to an aromatic ring is 1. The van der Waals surface area contributed by atoms with Crippen LogP contribution in [0.25, 0.3) is 22.9 Å². The highest BCUT2D eigenvalue weighted by Gasteiger charge is 1.99. The van der Waals surface area contributed by atoms with E-state index in [1.165, 1.54) is 0 Å². The van der Waals surface area contributed by atoms with Gasteiger partial charge < -0.3 is 10.2 Å². The molecule has 3 nitrogen and oxygen atoms in total. The van der Waals surface area contributed by atoms with Crippen molar-refractivity contribution in [2.24, 2.45) is 5.73 Å². The number of fused-ring (bicyclic) bond motifs is 1. The number of rotatable bonds is 3. The maximum absolute atomic E-state index is 7.45. The molecule has 98 valence electrons. The van der Waals surface area contributed by atoms with Crippen LogP contribution in [0.4, 0.5) is 0 Å². The maximum Gasteiger partial charge on any atom is 0.126 e. The molecule has 0 spiro atoms. The number of amidine groups is 1. The highest BCUT2D eigenvalue weighted by molar-refractivity contribution is 5.99. The molecule has 1 heterocycles. The molecule has 0 fully saturated rings. The summed E-state index contributed by atoms with van der Waals surface area (Å²) in [6, 6.07) is 15.7. The van der Waals surface area contributed by atoms with E-state index in [-0.39, 0.29) is 5.84 Å². The van der Waals surface area contributed by atoms with E-state index in [0.717, 1.165) is 27.7 Å². The first-order chi connectivity index (χ1) is 9.72. The third-order valence-corrected chi connectivity index (χ3v) is 3.16. The van der Waals surface area contributed by atoms with Crippen molar-refractivity contribution in [1.82, 2.24) is 0 Å². The van der Waals surface area contributed by atoms with Crippen molar-refractivity contribution in [2.45, 2.75) is 0 Å². The molecular formula is C17H14N2O. The second-order valence-corrected chi connectivity index (χ2v) is 4.58. The average Bonchev–Trinajstić information content (AvgIpc) is 2.97. The van der Waals surface area contributed by atoms with Gasteiger partial charge in [-0.25, -0.2) is 0 Å². The van der Waals surface area contributed by atoms with Crippen LogP contribution in [-0.2, 0) is 0 Å². The fourth-order valence-electron chi connectivity index (χ4n) is 2.10. The van der Waals surface area contributed by atoms with E-state index in [1.807, 2.05) is 54.6 Å². The van der Waals surface area contributed by atoms with Gasteiger partial charge in [0.05, 0.1) is 6.26 Å². The summed E-state index contributed by atoms with van der Waals surface area (Å²) in [5, 5.41) is 9.65. The topological polar surface area (TPSA) is 63.0 Å². The molecule has 0 aliphatic rings. The highest BCUT2D eigenvalue weighted by Crippen LogP contribution is 2.19. The van der Waals surface area contributed by atoms with Gasteiger partial charge >= 0.3 is 0 Å². The van der Waals surface area contributed by atoms with E-state index >= 15 is 0 Å². The summed E-state index contributed by atoms with van der Waals surface area (Å²) >= 11 is 0. The predicted molar refractivity (Wildman–Crippen MR) is 82.6 cm³/mol. The minimum atomic E-state index is 0.0914. The first-order valence-corrected chi connectivity index (χ1v) is 6.32. The normalized spacial score (nSPS) is 11.2. The van der Waals surface area contributed by atoms with Crippen molar-refractivity contribution in [1.29, 1.82) is 5.41 Å². The molecule has 3 N–H and O–H groups in total. The van der Waals surface area contributed by atoms with Crippen LogP contribution >= 0.6 is 0 Å². The van der Waals surface area contributed by atoms with Crippen LogP contribution in [0.1, 0.15) is 16.9 Å². The Kier molecular flexibility index (Phi) is 3.09. The van der Waals surface area contributed by atoms with Crippen molar-refractivity contribution in [3.8, 4) is 0 Å². The van der Waals surface area contributed by atoms with Gasteiger partial charge in [-0.05, 0) is 46.7 Å². The van der Waals surface area contributed by atoms with Crippen LogP contribution in [0.15, 0.2) is 59.2 Å². The second-order valence-electron chi connectivity index (χ2n) is 4.58. The Morgan fingerprint density at radius 2 is 1.80 bits per heavy atom. The Labute approximate surface area is 116 Å². The molecule has 2 aromatic carbocycles. The Hall–Kier alpha value is -2.81. The molecular weight excluding hydrogens is 248 g/mol. The van der Waals surface area contributed by atoms with Gasteiger partial charge in [-0.1, -0.05) is 30.3 Å². The summed E-state index contributed by atoms with van der Waals surface area (Å²) in [5.41, 5.74) is 7.35. The Balaban J connectivity index is 1.95. The summed E-state index contributed by atoms with van der Waals surface area (Å²) in [7, 11) is 0. The summed E-state index contributed by atoms with van der Waals surface area (Å²) in [5.74, 6) is 0.922. The van der Waals surface area contributed by atoms with Crippen molar-refractivity contribution in [2.75, 3.05) is 0 Å². The minimum Gasteiger partial charge on any atom is -0.465 e. The number of hydrogen-bond acceptors (Lipinski definition) is 2. The lowest BCUT2D eigenvalue weighted by atomic mass is 10.0. The Morgan fingerprint density at radius 3 is 2.55 bits per heavy atom. The third kappa shape index (κ3) is 2.47. The van der Waals surface area contributed by atoms with Gasteiger partial charge in [0, 0.05) is 5.56 Å². The lowest BCUT2D eigenvalue weighted by Gasteiger charge is -2.03. The Bertz CT molecular complexity index is 786. The van der Waals surface area contributed by atoms with Crippen LogP contribution in [0.5, 0.6) is 0 Å². The molecule has 20 heavy (non-hydrogen) atoms. The molecule has 0 atom stereocenters. The summed E-state index contributed by atoms with van der Waals surface area (Å²) in [4.78, 5) is 0. The number of furan rings is 1. The number of benzene rings is 2. The largest absolute Gasteiger partial charge is 0.465 e.